The lowest BCUT2D eigenvalue weighted by Crippen LogP contribution is -2.14. The molecular weight excluding hydrogens is 292 g/mol. The third-order valence-electron chi connectivity index (χ3n) is 3.23. The smallest absolute Gasteiger partial charge is 0.255 e. The van der Waals surface area contributed by atoms with Crippen molar-refractivity contribution in [3.05, 3.63) is 46.5 Å². The summed E-state index contributed by atoms with van der Waals surface area (Å²) in [5.41, 5.74) is 8.14. The predicted molar refractivity (Wildman–Crippen MR) is 81.1 cm³/mol. The van der Waals surface area contributed by atoms with Gasteiger partial charge in [0.1, 0.15) is 0 Å². The van der Waals surface area contributed by atoms with Gasteiger partial charge < -0.3 is 20.5 Å². The largest absolute Gasteiger partial charge is 0.454 e. The lowest BCUT2D eigenvalue weighted by atomic mass is 10.1. The van der Waals surface area contributed by atoms with Crippen LogP contribution in [0.15, 0.2) is 30.3 Å². The molecule has 1 amide bonds. The van der Waals surface area contributed by atoms with E-state index in [4.69, 9.17) is 26.8 Å². The number of benzene rings is 2. The number of halogens is 1. The van der Waals surface area contributed by atoms with Crippen molar-refractivity contribution in [2.24, 2.45) is 0 Å². The molecule has 0 fully saturated rings. The second kappa shape index (κ2) is 5.18. The normalized spacial score (nSPS) is 12.3. The highest BCUT2D eigenvalue weighted by atomic mass is 35.5. The van der Waals surface area contributed by atoms with Crippen molar-refractivity contribution in [3.63, 3.8) is 0 Å². The van der Waals surface area contributed by atoms with Crippen molar-refractivity contribution < 1.29 is 14.3 Å². The zero-order valence-corrected chi connectivity index (χ0v) is 12.0. The average molecular weight is 305 g/mol. The number of carbonyl (C=O) groups is 1. The van der Waals surface area contributed by atoms with Crippen LogP contribution in [-0.2, 0) is 0 Å². The number of aryl methyl sites for hydroxylation is 1. The topological polar surface area (TPSA) is 73.6 Å². The van der Waals surface area contributed by atoms with Gasteiger partial charge in [0.2, 0.25) is 6.79 Å². The zero-order chi connectivity index (χ0) is 15.0. The molecule has 0 atom stereocenters. The first-order valence-electron chi connectivity index (χ1n) is 6.31. The van der Waals surface area contributed by atoms with Crippen molar-refractivity contribution in [1.29, 1.82) is 0 Å². The van der Waals surface area contributed by atoms with Crippen molar-refractivity contribution in [2.75, 3.05) is 17.8 Å². The minimum Gasteiger partial charge on any atom is -0.454 e. The van der Waals surface area contributed by atoms with E-state index in [9.17, 15) is 4.79 Å². The van der Waals surface area contributed by atoms with Crippen molar-refractivity contribution >= 4 is 28.9 Å². The van der Waals surface area contributed by atoms with E-state index in [1.54, 1.807) is 30.3 Å². The van der Waals surface area contributed by atoms with Crippen LogP contribution in [0.2, 0.25) is 5.02 Å². The van der Waals surface area contributed by atoms with E-state index in [1.807, 2.05) is 6.92 Å². The number of ether oxygens (including phenoxy) is 2. The van der Waals surface area contributed by atoms with E-state index in [0.717, 1.165) is 5.56 Å². The van der Waals surface area contributed by atoms with E-state index in [1.165, 1.54) is 0 Å². The number of nitrogens with two attached hydrogens (primary N) is 1. The van der Waals surface area contributed by atoms with Gasteiger partial charge in [0.15, 0.2) is 11.5 Å². The monoisotopic (exact) mass is 304 g/mol. The quantitative estimate of drug-likeness (QED) is 0.836. The SMILES string of the molecule is Cc1cc(Cl)ccc1C(=O)Nc1cc2c(cc1N)OCO2. The number of nitrogen functional groups attached to an aromatic ring is 1. The Hall–Kier alpha value is -2.40. The lowest BCUT2D eigenvalue weighted by Gasteiger charge is -2.11. The molecule has 0 saturated carbocycles. The third kappa shape index (κ3) is 2.60. The van der Waals surface area contributed by atoms with Crippen LogP contribution in [0.3, 0.4) is 0 Å². The Balaban J connectivity index is 1.88. The Bertz CT molecular complexity index is 731. The molecule has 2 aromatic carbocycles. The standard InChI is InChI=1S/C15H13ClN2O3/c1-8-4-9(16)2-3-10(8)15(19)18-12-6-14-13(5-11(12)17)20-7-21-14/h2-6H,7,17H2,1H3,(H,18,19). The van der Waals surface area contributed by atoms with Crippen LogP contribution in [0.1, 0.15) is 15.9 Å². The van der Waals surface area contributed by atoms with E-state index >= 15 is 0 Å². The van der Waals surface area contributed by atoms with Gasteiger partial charge in [-0.25, -0.2) is 0 Å². The molecule has 0 aliphatic carbocycles. The molecule has 6 heteroatoms. The van der Waals surface area contributed by atoms with Crippen molar-refractivity contribution in [3.8, 4) is 11.5 Å². The molecule has 2 aromatic rings. The van der Waals surface area contributed by atoms with E-state index in [0.29, 0.717) is 33.5 Å². The van der Waals surface area contributed by atoms with Gasteiger partial charge in [-0.15, -0.1) is 0 Å². The summed E-state index contributed by atoms with van der Waals surface area (Å²) < 4.78 is 10.5. The van der Waals surface area contributed by atoms with Gasteiger partial charge in [0, 0.05) is 22.7 Å². The Kier molecular flexibility index (Phi) is 3.35. The van der Waals surface area contributed by atoms with Gasteiger partial charge in [-0.1, -0.05) is 11.6 Å². The van der Waals surface area contributed by atoms with Crippen LogP contribution in [0.5, 0.6) is 11.5 Å². The van der Waals surface area contributed by atoms with Crippen molar-refractivity contribution in [1.82, 2.24) is 0 Å². The Morgan fingerprint density at radius 2 is 1.95 bits per heavy atom. The Morgan fingerprint density at radius 1 is 1.24 bits per heavy atom. The van der Waals surface area contributed by atoms with Crippen LogP contribution < -0.4 is 20.5 Å². The van der Waals surface area contributed by atoms with Gasteiger partial charge in [0.25, 0.3) is 5.91 Å². The fourth-order valence-corrected chi connectivity index (χ4v) is 2.36. The molecule has 0 bridgehead atoms. The number of nitrogens with one attached hydrogen (secondary N) is 1. The summed E-state index contributed by atoms with van der Waals surface area (Å²) in [4.78, 5) is 12.3. The molecule has 3 N–H and O–H groups in total. The molecule has 0 spiro atoms. The van der Waals surface area contributed by atoms with Gasteiger partial charge >= 0.3 is 0 Å². The number of carbonyl (C=O) groups excluding carboxylic acids is 1. The molecule has 21 heavy (non-hydrogen) atoms. The highest BCUT2D eigenvalue weighted by Crippen LogP contribution is 2.38. The first kappa shape index (κ1) is 13.6. The maximum Gasteiger partial charge on any atom is 0.255 e. The third-order valence-corrected chi connectivity index (χ3v) is 3.46. The second-order valence-electron chi connectivity index (χ2n) is 4.71. The first-order valence-corrected chi connectivity index (χ1v) is 6.69. The lowest BCUT2D eigenvalue weighted by molar-refractivity contribution is 0.102. The molecule has 108 valence electrons. The number of anilines is 2. The predicted octanol–water partition coefficient (Wildman–Crippen LogP) is 3.21. The number of fused-ring (bicyclic) bond motifs is 1. The summed E-state index contributed by atoms with van der Waals surface area (Å²) in [6.07, 6.45) is 0. The summed E-state index contributed by atoms with van der Waals surface area (Å²) in [6, 6.07) is 8.37. The van der Waals surface area contributed by atoms with Gasteiger partial charge in [0.05, 0.1) is 11.4 Å². The maximum atomic E-state index is 12.3. The van der Waals surface area contributed by atoms with Crippen molar-refractivity contribution in [2.45, 2.75) is 6.92 Å². The van der Waals surface area contributed by atoms with Crippen LogP contribution >= 0.6 is 11.6 Å². The minimum absolute atomic E-state index is 0.155. The van der Waals surface area contributed by atoms with Gasteiger partial charge in [-0.3, -0.25) is 4.79 Å². The van der Waals surface area contributed by atoms with E-state index in [2.05, 4.69) is 5.32 Å². The Morgan fingerprint density at radius 3 is 2.67 bits per heavy atom. The van der Waals surface area contributed by atoms with Crippen LogP contribution in [-0.4, -0.2) is 12.7 Å². The molecule has 5 nitrogen and oxygen atoms in total. The summed E-state index contributed by atoms with van der Waals surface area (Å²) in [6.45, 7) is 1.98. The van der Waals surface area contributed by atoms with Crippen LogP contribution in [0, 0.1) is 6.92 Å². The molecule has 3 rings (SSSR count). The zero-order valence-electron chi connectivity index (χ0n) is 11.3. The highest BCUT2D eigenvalue weighted by molar-refractivity contribution is 6.30. The van der Waals surface area contributed by atoms with Gasteiger partial charge in [-0.2, -0.15) is 0 Å². The number of rotatable bonds is 2. The number of hydrogen-bond donors (Lipinski definition) is 2. The fraction of sp³-hybridized carbons (Fsp3) is 0.133. The Labute approximate surface area is 126 Å². The summed E-state index contributed by atoms with van der Waals surface area (Å²) in [5, 5.41) is 3.36. The van der Waals surface area contributed by atoms with Gasteiger partial charge in [-0.05, 0) is 30.7 Å². The molecule has 1 aliphatic rings. The fourth-order valence-electron chi connectivity index (χ4n) is 2.14. The second-order valence-corrected chi connectivity index (χ2v) is 5.14. The number of hydrogen-bond acceptors (Lipinski definition) is 4. The first-order chi connectivity index (χ1) is 10.0. The summed E-state index contributed by atoms with van der Waals surface area (Å²) in [7, 11) is 0. The molecular formula is C15H13ClN2O3. The minimum atomic E-state index is -0.255. The molecule has 0 radical (unpaired) electrons. The number of amides is 1. The highest BCUT2D eigenvalue weighted by Gasteiger charge is 2.18. The summed E-state index contributed by atoms with van der Waals surface area (Å²) in [5.74, 6) is 0.884. The summed E-state index contributed by atoms with van der Waals surface area (Å²) >= 11 is 5.89. The van der Waals surface area contributed by atoms with Crippen LogP contribution in [0.4, 0.5) is 11.4 Å². The van der Waals surface area contributed by atoms with E-state index in [-0.39, 0.29) is 12.7 Å². The maximum absolute atomic E-state index is 12.3. The van der Waals surface area contributed by atoms with Crippen LogP contribution in [0.25, 0.3) is 0 Å². The average Bonchev–Trinajstić information content (AvgIpc) is 2.86. The molecule has 1 aliphatic heterocycles. The molecule has 0 unspecified atom stereocenters. The molecule has 0 saturated heterocycles. The molecule has 0 aromatic heterocycles. The van der Waals surface area contributed by atoms with E-state index < -0.39 is 0 Å². The molecule has 1 heterocycles.